The van der Waals surface area contributed by atoms with Crippen molar-refractivity contribution in [2.24, 2.45) is 5.92 Å². The van der Waals surface area contributed by atoms with Gasteiger partial charge >= 0.3 is 5.97 Å². The lowest BCUT2D eigenvalue weighted by Crippen LogP contribution is -2.34. The van der Waals surface area contributed by atoms with E-state index in [-0.39, 0.29) is 17.0 Å². The third-order valence-electron chi connectivity index (χ3n) is 3.56. The van der Waals surface area contributed by atoms with Crippen molar-refractivity contribution in [3.63, 3.8) is 0 Å². The molecule has 0 radical (unpaired) electrons. The number of carbonyl (C=O) groups excluding carboxylic acids is 2. The first kappa shape index (κ1) is 21.4. The van der Waals surface area contributed by atoms with Gasteiger partial charge in [0.1, 0.15) is 5.75 Å². The molecule has 0 aliphatic rings. The summed E-state index contributed by atoms with van der Waals surface area (Å²) in [7, 11) is 0. The number of esters is 1. The third-order valence-corrected chi connectivity index (χ3v) is 3.76. The molecule has 1 amide bonds. The molecule has 0 saturated heterocycles. The summed E-state index contributed by atoms with van der Waals surface area (Å²) < 4.78 is 10.6. The molecule has 6 nitrogen and oxygen atoms in total. The van der Waals surface area contributed by atoms with Crippen LogP contribution in [0.15, 0.2) is 48.5 Å². The molecular formula is C21H24N2O4S. The van der Waals surface area contributed by atoms with Crippen LogP contribution in [-0.2, 0) is 4.74 Å². The summed E-state index contributed by atoms with van der Waals surface area (Å²) in [5.74, 6) is 0.305. The molecule has 0 aliphatic carbocycles. The second-order valence-electron chi connectivity index (χ2n) is 6.44. The van der Waals surface area contributed by atoms with Gasteiger partial charge in [0.2, 0.25) is 0 Å². The molecular weight excluding hydrogens is 376 g/mol. The summed E-state index contributed by atoms with van der Waals surface area (Å²) in [4.78, 5) is 24.1. The number of amides is 1. The van der Waals surface area contributed by atoms with Gasteiger partial charge in [-0.3, -0.25) is 10.1 Å². The lowest BCUT2D eigenvalue weighted by Gasteiger charge is -2.12. The Labute approximate surface area is 170 Å². The Balaban J connectivity index is 1.93. The molecule has 0 atom stereocenters. The molecule has 0 saturated carbocycles. The Morgan fingerprint density at radius 2 is 1.79 bits per heavy atom. The average molecular weight is 401 g/mol. The van der Waals surface area contributed by atoms with Crippen molar-refractivity contribution in [2.45, 2.75) is 20.8 Å². The first-order valence-corrected chi connectivity index (χ1v) is 9.42. The maximum atomic E-state index is 12.4. The van der Waals surface area contributed by atoms with Gasteiger partial charge in [-0.25, -0.2) is 4.79 Å². The number of hydrogen-bond donors (Lipinski definition) is 2. The third kappa shape index (κ3) is 6.66. The van der Waals surface area contributed by atoms with E-state index < -0.39 is 0 Å². The fourth-order valence-corrected chi connectivity index (χ4v) is 2.44. The highest BCUT2D eigenvalue weighted by molar-refractivity contribution is 7.80. The smallest absolute Gasteiger partial charge is 0.338 e. The molecule has 0 heterocycles. The monoisotopic (exact) mass is 400 g/mol. The van der Waals surface area contributed by atoms with Crippen LogP contribution in [0.1, 0.15) is 41.5 Å². The molecule has 0 unspecified atom stereocenters. The van der Waals surface area contributed by atoms with Crippen LogP contribution in [0.25, 0.3) is 0 Å². The standard InChI is InChI=1S/C21H24N2O4S/c1-4-26-20(25)15-8-10-17(11-9-15)22-21(28)23-19(24)16-6-5-7-18(12-16)27-13-14(2)3/h5-12,14H,4,13H2,1-3H3,(H2,22,23,24,28). The normalized spacial score (nSPS) is 10.3. The highest BCUT2D eigenvalue weighted by atomic mass is 32.1. The number of nitrogens with one attached hydrogen (secondary N) is 2. The predicted octanol–water partition coefficient (Wildman–Crippen LogP) is 4.02. The van der Waals surface area contributed by atoms with Crippen molar-refractivity contribution >= 4 is 34.9 Å². The molecule has 7 heteroatoms. The van der Waals surface area contributed by atoms with Gasteiger partial charge < -0.3 is 14.8 Å². The molecule has 0 spiro atoms. The van der Waals surface area contributed by atoms with E-state index in [2.05, 4.69) is 24.5 Å². The van der Waals surface area contributed by atoms with Crippen LogP contribution in [0.5, 0.6) is 5.75 Å². The lowest BCUT2D eigenvalue weighted by atomic mass is 10.2. The van der Waals surface area contributed by atoms with Gasteiger partial charge in [-0.1, -0.05) is 19.9 Å². The quantitative estimate of drug-likeness (QED) is 0.540. The van der Waals surface area contributed by atoms with E-state index >= 15 is 0 Å². The minimum absolute atomic E-state index is 0.155. The molecule has 0 bridgehead atoms. The van der Waals surface area contributed by atoms with Gasteiger partial charge in [0.15, 0.2) is 5.11 Å². The number of thiocarbonyl (C=S) groups is 1. The molecule has 28 heavy (non-hydrogen) atoms. The van der Waals surface area contributed by atoms with E-state index in [4.69, 9.17) is 21.7 Å². The van der Waals surface area contributed by atoms with Gasteiger partial charge in [0.05, 0.1) is 18.8 Å². The summed E-state index contributed by atoms with van der Waals surface area (Å²) in [5, 5.41) is 5.70. The van der Waals surface area contributed by atoms with Gasteiger partial charge in [0, 0.05) is 11.3 Å². The minimum Gasteiger partial charge on any atom is -0.493 e. The van der Waals surface area contributed by atoms with Crippen LogP contribution in [0.2, 0.25) is 0 Å². The highest BCUT2D eigenvalue weighted by Crippen LogP contribution is 2.15. The molecule has 2 rings (SSSR count). The summed E-state index contributed by atoms with van der Waals surface area (Å²) in [6, 6.07) is 13.6. The first-order chi connectivity index (χ1) is 13.4. The van der Waals surface area contributed by atoms with Crippen molar-refractivity contribution in [3.05, 3.63) is 59.7 Å². The number of benzene rings is 2. The van der Waals surface area contributed by atoms with Gasteiger partial charge in [-0.2, -0.15) is 0 Å². The Morgan fingerprint density at radius 3 is 2.43 bits per heavy atom. The number of hydrogen-bond acceptors (Lipinski definition) is 5. The van der Waals surface area contributed by atoms with Gasteiger partial charge in [0.25, 0.3) is 5.91 Å². The number of carbonyl (C=O) groups is 2. The van der Waals surface area contributed by atoms with Crippen molar-refractivity contribution in [3.8, 4) is 5.75 Å². The molecule has 0 aromatic heterocycles. The Bertz CT molecular complexity index is 835. The molecule has 2 aromatic carbocycles. The summed E-state index contributed by atoms with van der Waals surface area (Å²) in [6.07, 6.45) is 0. The SMILES string of the molecule is CCOC(=O)c1ccc(NC(=S)NC(=O)c2cccc(OCC(C)C)c2)cc1. The number of rotatable bonds is 7. The fraction of sp³-hybridized carbons (Fsp3) is 0.286. The highest BCUT2D eigenvalue weighted by Gasteiger charge is 2.10. The zero-order valence-electron chi connectivity index (χ0n) is 16.2. The van der Waals surface area contributed by atoms with Crippen LogP contribution in [-0.4, -0.2) is 30.2 Å². The summed E-state index contributed by atoms with van der Waals surface area (Å²) in [5.41, 5.74) is 1.54. The van der Waals surface area contributed by atoms with Crippen LogP contribution >= 0.6 is 12.2 Å². The Morgan fingerprint density at radius 1 is 1.07 bits per heavy atom. The second kappa shape index (κ2) is 10.4. The van der Waals surface area contributed by atoms with Crippen LogP contribution < -0.4 is 15.4 Å². The van der Waals surface area contributed by atoms with Crippen LogP contribution in [0.3, 0.4) is 0 Å². The summed E-state index contributed by atoms with van der Waals surface area (Å²) >= 11 is 5.19. The zero-order valence-corrected chi connectivity index (χ0v) is 17.0. The van der Waals surface area contributed by atoms with E-state index in [9.17, 15) is 9.59 Å². The van der Waals surface area contributed by atoms with Crippen molar-refractivity contribution in [2.75, 3.05) is 18.5 Å². The van der Waals surface area contributed by atoms with Crippen molar-refractivity contribution < 1.29 is 19.1 Å². The van der Waals surface area contributed by atoms with Gasteiger partial charge in [-0.15, -0.1) is 0 Å². The van der Waals surface area contributed by atoms with E-state index in [0.29, 0.717) is 41.7 Å². The predicted molar refractivity (Wildman–Crippen MR) is 113 cm³/mol. The average Bonchev–Trinajstić information content (AvgIpc) is 2.67. The zero-order chi connectivity index (χ0) is 20.5. The van der Waals surface area contributed by atoms with Gasteiger partial charge in [-0.05, 0) is 67.5 Å². The van der Waals surface area contributed by atoms with E-state index in [1.807, 2.05) is 0 Å². The first-order valence-electron chi connectivity index (χ1n) is 9.01. The number of ether oxygens (including phenoxy) is 2. The van der Waals surface area contributed by atoms with E-state index in [1.165, 1.54) is 0 Å². The van der Waals surface area contributed by atoms with Crippen molar-refractivity contribution in [1.82, 2.24) is 5.32 Å². The van der Waals surface area contributed by atoms with Crippen molar-refractivity contribution in [1.29, 1.82) is 0 Å². The Kier molecular flexibility index (Phi) is 7.95. The van der Waals surface area contributed by atoms with E-state index in [1.54, 1.807) is 55.5 Å². The molecule has 148 valence electrons. The largest absolute Gasteiger partial charge is 0.493 e. The Hall–Kier alpha value is -2.93. The maximum absolute atomic E-state index is 12.4. The maximum Gasteiger partial charge on any atom is 0.338 e. The topological polar surface area (TPSA) is 76.7 Å². The number of anilines is 1. The molecule has 0 aliphatic heterocycles. The summed E-state index contributed by atoms with van der Waals surface area (Å²) in [6.45, 7) is 6.76. The van der Waals surface area contributed by atoms with Crippen LogP contribution in [0.4, 0.5) is 5.69 Å². The molecule has 2 aromatic rings. The lowest BCUT2D eigenvalue weighted by molar-refractivity contribution is 0.0526. The minimum atomic E-state index is -0.385. The fourth-order valence-electron chi connectivity index (χ4n) is 2.23. The molecule has 2 N–H and O–H groups in total. The second-order valence-corrected chi connectivity index (χ2v) is 6.85. The van der Waals surface area contributed by atoms with E-state index in [0.717, 1.165) is 0 Å². The van der Waals surface area contributed by atoms with Crippen LogP contribution in [0, 0.1) is 5.92 Å². The molecule has 0 fully saturated rings.